The van der Waals surface area contributed by atoms with Gasteiger partial charge in [-0.25, -0.2) is 9.78 Å². The van der Waals surface area contributed by atoms with Gasteiger partial charge in [0.25, 0.3) is 0 Å². The van der Waals surface area contributed by atoms with E-state index in [0.717, 1.165) is 31.7 Å². The smallest absolute Gasteiger partial charge is 0.337 e. The molecule has 6 heteroatoms. The van der Waals surface area contributed by atoms with Crippen molar-refractivity contribution in [3.8, 4) is 0 Å². The third-order valence-electron chi connectivity index (χ3n) is 3.41. The lowest BCUT2D eigenvalue weighted by molar-refractivity contribution is 0.0696. The zero-order valence-electron chi connectivity index (χ0n) is 10.2. The number of hydrogen-bond donors (Lipinski definition) is 1. The Kier molecular flexibility index (Phi) is 3.16. The van der Waals surface area contributed by atoms with Crippen LogP contribution in [-0.4, -0.2) is 33.7 Å². The number of aromatic carboxylic acids is 1. The van der Waals surface area contributed by atoms with Crippen LogP contribution in [0, 0.1) is 0 Å². The van der Waals surface area contributed by atoms with Gasteiger partial charge in [-0.15, -0.1) is 0 Å². The number of imidazole rings is 1. The van der Waals surface area contributed by atoms with Gasteiger partial charge in [-0.1, -0.05) is 11.6 Å². The molecule has 0 aromatic carbocycles. The molecule has 0 amide bonds. The molecule has 1 aliphatic rings. The second-order valence-corrected chi connectivity index (χ2v) is 5.07. The average Bonchev–Trinajstić information content (AvgIpc) is 2.84. The van der Waals surface area contributed by atoms with Gasteiger partial charge in [-0.05, 0) is 18.9 Å². The molecular weight excluding hydrogens is 268 g/mol. The Balaban J connectivity index is 2.04. The molecule has 0 bridgehead atoms. The number of halogens is 1. The maximum Gasteiger partial charge on any atom is 0.337 e. The van der Waals surface area contributed by atoms with Crippen LogP contribution in [0.25, 0.3) is 5.65 Å². The summed E-state index contributed by atoms with van der Waals surface area (Å²) in [6.07, 6.45) is 5.28. The predicted octanol–water partition coefficient (Wildman–Crippen LogP) is 2.58. The topological polar surface area (TPSA) is 63.8 Å². The number of nitrogens with zero attached hydrogens (tertiary/aromatic N) is 2. The van der Waals surface area contributed by atoms with Crippen LogP contribution in [0.5, 0.6) is 0 Å². The van der Waals surface area contributed by atoms with Gasteiger partial charge in [-0.3, -0.25) is 0 Å². The van der Waals surface area contributed by atoms with Crippen molar-refractivity contribution in [2.75, 3.05) is 13.2 Å². The van der Waals surface area contributed by atoms with Gasteiger partial charge < -0.3 is 14.2 Å². The van der Waals surface area contributed by atoms with Gasteiger partial charge in [0, 0.05) is 31.5 Å². The van der Waals surface area contributed by atoms with E-state index < -0.39 is 5.97 Å². The Hall–Kier alpha value is -1.59. The van der Waals surface area contributed by atoms with Crippen molar-refractivity contribution in [2.24, 2.45) is 0 Å². The molecular formula is C13H13ClN2O3. The van der Waals surface area contributed by atoms with Gasteiger partial charge in [-0.2, -0.15) is 0 Å². The van der Waals surface area contributed by atoms with Crippen molar-refractivity contribution in [3.63, 3.8) is 0 Å². The average molecular weight is 281 g/mol. The molecule has 19 heavy (non-hydrogen) atoms. The molecule has 0 unspecified atom stereocenters. The highest BCUT2D eigenvalue weighted by molar-refractivity contribution is 6.33. The summed E-state index contributed by atoms with van der Waals surface area (Å²) in [6.45, 7) is 1.49. The number of carboxylic acids is 1. The summed E-state index contributed by atoms with van der Waals surface area (Å²) >= 11 is 6.09. The second-order valence-electron chi connectivity index (χ2n) is 4.67. The third kappa shape index (κ3) is 2.31. The van der Waals surface area contributed by atoms with Crippen LogP contribution in [-0.2, 0) is 4.74 Å². The number of rotatable bonds is 2. The van der Waals surface area contributed by atoms with Gasteiger partial charge in [0.2, 0.25) is 0 Å². The van der Waals surface area contributed by atoms with Crippen LogP contribution in [0.2, 0.25) is 5.02 Å². The maximum absolute atomic E-state index is 11.0. The van der Waals surface area contributed by atoms with Crippen molar-refractivity contribution in [1.29, 1.82) is 0 Å². The molecule has 0 atom stereocenters. The van der Waals surface area contributed by atoms with Crippen molar-refractivity contribution in [2.45, 2.75) is 18.8 Å². The molecule has 100 valence electrons. The van der Waals surface area contributed by atoms with Crippen LogP contribution in [0.4, 0.5) is 0 Å². The second kappa shape index (κ2) is 4.83. The Morgan fingerprint density at radius 1 is 1.42 bits per heavy atom. The van der Waals surface area contributed by atoms with E-state index in [9.17, 15) is 4.79 Å². The lowest BCUT2D eigenvalue weighted by Gasteiger charge is -2.19. The standard InChI is InChI=1S/C13H13ClN2O3/c14-10-5-9(13(17)18)6-16-7-11(15-12(10)16)8-1-3-19-4-2-8/h5-8H,1-4H2,(H,17,18). The number of carboxylic acid groups (broad SMARTS) is 1. The van der Waals surface area contributed by atoms with E-state index in [0.29, 0.717) is 16.6 Å². The fraction of sp³-hybridized carbons (Fsp3) is 0.385. The van der Waals surface area contributed by atoms with Crippen molar-refractivity contribution < 1.29 is 14.6 Å². The predicted molar refractivity (Wildman–Crippen MR) is 70.0 cm³/mol. The van der Waals surface area contributed by atoms with Crippen LogP contribution in [0.1, 0.15) is 34.8 Å². The lowest BCUT2D eigenvalue weighted by atomic mass is 9.97. The molecule has 3 heterocycles. The fourth-order valence-electron chi connectivity index (χ4n) is 2.38. The van der Waals surface area contributed by atoms with E-state index in [2.05, 4.69) is 4.98 Å². The van der Waals surface area contributed by atoms with Gasteiger partial charge in [0.05, 0.1) is 16.3 Å². The van der Waals surface area contributed by atoms with E-state index in [-0.39, 0.29) is 5.56 Å². The maximum atomic E-state index is 11.0. The van der Waals surface area contributed by atoms with Gasteiger partial charge >= 0.3 is 5.97 Å². The minimum absolute atomic E-state index is 0.161. The number of hydrogen-bond acceptors (Lipinski definition) is 3. The van der Waals surface area contributed by atoms with E-state index in [4.69, 9.17) is 21.4 Å². The first kappa shape index (κ1) is 12.4. The lowest BCUT2D eigenvalue weighted by Crippen LogP contribution is -2.14. The van der Waals surface area contributed by atoms with Crippen molar-refractivity contribution in [3.05, 3.63) is 34.7 Å². The molecule has 1 N–H and O–H groups in total. The van der Waals surface area contributed by atoms with Crippen LogP contribution in [0.3, 0.4) is 0 Å². The van der Waals surface area contributed by atoms with Crippen LogP contribution >= 0.6 is 11.6 Å². The highest BCUT2D eigenvalue weighted by Gasteiger charge is 2.20. The monoisotopic (exact) mass is 280 g/mol. The number of pyridine rings is 1. The molecule has 0 spiro atoms. The van der Waals surface area contributed by atoms with E-state index in [1.54, 1.807) is 10.6 Å². The Labute approximate surface area is 114 Å². The Morgan fingerprint density at radius 3 is 2.84 bits per heavy atom. The molecule has 1 saturated heterocycles. The molecule has 5 nitrogen and oxygen atoms in total. The first-order valence-electron chi connectivity index (χ1n) is 6.14. The zero-order chi connectivity index (χ0) is 13.4. The van der Waals surface area contributed by atoms with E-state index in [1.165, 1.54) is 6.07 Å². The molecule has 3 rings (SSSR count). The summed E-state index contributed by atoms with van der Waals surface area (Å²) in [7, 11) is 0. The summed E-state index contributed by atoms with van der Waals surface area (Å²) in [5.74, 6) is -0.636. The Morgan fingerprint density at radius 2 is 2.16 bits per heavy atom. The zero-order valence-corrected chi connectivity index (χ0v) is 10.9. The highest BCUT2D eigenvalue weighted by atomic mass is 35.5. The summed E-state index contributed by atoms with van der Waals surface area (Å²) in [5.41, 5.74) is 1.72. The van der Waals surface area contributed by atoms with Crippen LogP contribution in [0.15, 0.2) is 18.5 Å². The molecule has 1 fully saturated rings. The minimum atomic E-state index is -0.995. The molecule has 2 aromatic heterocycles. The largest absolute Gasteiger partial charge is 0.478 e. The number of carbonyl (C=O) groups is 1. The SMILES string of the molecule is O=C(O)c1cc(Cl)c2nc(C3CCOCC3)cn2c1. The number of ether oxygens (including phenoxy) is 1. The van der Waals surface area contributed by atoms with Crippen LogP contribution < -0.4 is 0 Å². The molecule has 0 aliphatic carbocycles. The summed E-state index contributed by atoms with van der Waals surface area (Å²) in [5, 5.41) is 9.37. The Bertz CT molecular complexity index is 632. The summed E-state index contributed by atoms with van der Waals surface area (Å²) in [6, 6.07) is 1.43. The van der Waals surface area contributed by atoms with Crippen molar-refractivity contribution >= 4 is 23.2 Å². The van der Waals surface area contributed by atoms with E-state index in [1.807, 2.05) is 6.20 Å². The minimum Gasteiger partial charge on any atom is -0.478 e. The third-order valence-corrected chi connectivity index (χ3v) is 3.69. The fourth-order valence-corrected chi connectivity index (χ4v) is 2.64. The van der Waals surface area contributed by atoms with Gasteiger partial charge in [0.1, 0.15) is 0 Å². The molecule has 0 radical (unpaired) electrons. The summed E-state index contributed by atoms with van der Waals surface area (Å²) in [4.78, 5) is 15.5. The normalized spacial score (nSPS) is 16.9. The quantitative estimate of drug-likeness (QED) is 0.918. The first-order valence-corrected chi connectivity index (χ1v) is 6.52. The number of fused-ring (bicyclic) bond motifs is 1. The molecule has 0 saturated carbocycles. The number of aromatic nitrogens is 2. The first-order chi connectivity index (χ1) is 9.15. The van der Waals surface area contributed by atoms with E-state index >= 15 is 0 Å². The van der Waals surface area contributed by atoms with Crippen molar-refractivity contribution in [1.82, 2.24) is 9.38 Å². The van der Waals surface area contributed by atoms with Gasteiger partial charge in [0.15, 0.2) is 5.65 Å². The summed E-state index contributed by atoms with van der Waals surface area (Å²) < 4.78 is 7.02. The molecule has 2 aromatic rings. The highest BCUT2D eigenvalue weighted by Crippen LogP contribution is 2.28. The molecule has 1 aliphatic heterocycles.